The summed E-state index contributed by atoms with van der Waals surface area (Å²) in [6.07, 6.45) is 1.79. The topological polar surface area (TPSA) is 27.7 Å². The Labute approximate surface area is 103 Å². The Hall–Kier alpha value is -1.06. The highest BCUT2D eigenvalue weighted by molar-refractivity contribution is 5.40. The summed E-state index contributed by atoms with van der Waals surface area (Å²) < 4.78 is 17.1. The zero-order valence-electron chi connectivity index (χ0n) is 10.8. The molecule has 1 aliphatic rings. The first-order valence-electron chi connectivity index (χ1n) is 6.21. The maximum Gasteiger partial charge on any atom is 0.198 e. The molecule has 1 saturated heterocycles. The first kappa shape index (κ1) is 12.4. The zero-order valence-corrected chi connectivity index (χ0v) is 10.8. The van der Waals surface area contributed by atoms with Crippen molar-refractivity contribution in [2.75, 3.05) is 20.3 Å². The van der Waals surface area contributed by atoms with Gasteiger partial charge in [0.05, 0.1) is 25.9 Å². The van der Waals surface area contributed by atoms with Gasteiger partial charge >= 0.3 is 0 Å². The molecule has 0 amide bonds. The third-order valence-electron chi connectivity index (χ3n) is 3.30. The van der Waals surface area contributed by atoms with E-state index in [1.165, 1.54) is 5.56 Å². The molecule has 0 bridgehead atoms. The third-order valence-corrected chi connectivity index (χ3v) is 3.30. The van der Waals surface area contributed by atoms with E-state index in [9.17, 15) is 0 Å². The first-order valence-corrected chi connectivity index (χ1v) is 6.21. The average Bonchev–Trinajstić information content (AvgIpc) is 2.88. The van der Waals surface area contributed by atoms with Gasteiger partial charge in [0.2, 0.25) is 0 Å². The smallest absolute Gasteiger partial charge is 0.198 e. The van der Waals surface area contributed by atoms with E-state index in [4.69, 9.17) is 14.2 Å². The lowest BCUT2D eigenvalue weighted by Crippen LogP contribution is -2.27. The molecular formula is C14H20O3. The fourth-order valence-corrected chi connectivity index (χ4v) is 2.28. The minimum Gasteiger partial charge on any atom is -0.496 e. The van der Waals surface area contributed by atoms with Crippen molar-refractivity contribution in [3.05, 3.63) is 29.3 Å². The van der Waals surface area contributed by atoms with E-state index in [1.807, 2.05) is 6.07 Å². The fourth-order valence-electron chi connectivity index (χ4n) is 2.28. The Morgan fingerprint density at radius 3 is 2.47 bits per heavy atom. The van der Waals surface area contributed by atoms with Crippen LogP contribution >= 0.6 is 0 Å². The molecule has 2 rings (SSSR count). The Morgan fingerprint density at radius 1 is 1.24 bits per heavy atom. The van der Waals surface area contributed by atoms with Crippen molar-refractivity contribution in [2.45, 2.75) is 32.5 Å². The molecule has 3 heteroatoms. The summed E-state index contributed by atoms with van der Waals surface area (Å²) in [5.74, 6) is 0.224. The van der Waals surface area contributed by atoms with Gasteiger partial charge in [0.1, 0.15) is 5.75 Å². The number of ether oxygens (including phenoxy) is 3. The second-order valence-electron chi connectivity index (χ2n) is 4.19. The molecule has 17 heavy (non-hydrogen) atoms. The molecule has 0 aliphatic carbocycles. The van der Waals surface area contributed by atoms with Crippen molar-refractivity contribution in [2.24, 2.45) is 0 Å². The summed E-state index contributed by atoms with van der Waals surface area (Å²) >= 11 is 0. The molecular weight excluding hydrogens is 216 g/mol. The molecule has 1 aliphatic heterocycles. The van der Waals surface area contributed by atoms with E-state index in [2.05, 4.69) is 26.0 Å². The molecule has 3 nitrogen and oxygen atoms in total. The van der Waals surface area contributed by atoms with Crippen LogP contribution in [0.5, 0.6) is 5.75 Å². The Kier molecular flexibility index (Phi) is 3.69. The highest BCUT2D eigenvalue weighted by atomic mass is 16.7. The maximum atomic E-state index is 5.82. The predicted octanol–water partition coefficient (Wildman–Crippen LogP) is 2.87. The van der Waals surface area contributed by atoms with E-state index < -0.39 is 5.79 Å². The molecule has 0 aromatic heterocycles. The fraction of sp³-hybridized carbons (Fsp3) is 0.571. The zero-order chi connectivity index (χ0) is 12.3. The van der Waals surface area contributed by atoms with Crippen LogP contribution in [0.3, 0.4) is 0 Å². The molecule has 0 spiro atoms. The van der Waals surface area contributed by atoms with Crippen LogP contribution in [0.4, 0.5) is 0 Å². The van der Waals surface area contributed by atoms with Crippen LogP contribution < -0.4 is 4.74 Å². The predicted molar refractivity (Wildman–Crippen MR) is 66.2 cm³/mol. The summed E-state index contributed by atoms with van der Waals surface area (Å²) in [7, 11) is 1.68. The molecule has 0 saturated carbocycles. The van der Waals surface area contributed by atoms with E-state index in [0.29, 0.717) is 13.2 Å². The molecule has 0 radical (unpaired) electrons. The number of rotatable bonds is 4. The van der Waals surface area contributed by atoms with Gasteiger partial charge in [-0.05, 0) is 24.1 Å². The van der Waals surface area contributed by atoms with Crippen LogP contribution in [-0.4, -0.2) is 20.3 Å². The van der Waals surface area contributed by atoms with Gasteiger partial charge in [-0.25, -0.2) is 0 Å². The van der Waals surface area contributed by atoms with Gasteiger partial charge in [-0.3, -0.25) is 0 Å². The van der Waals surface area contributed by atoms with Crippen molar-refractivity contribution >= 4 is 0 Å². The van der Waals surface area contributed by atoms with Crippen molar-refractivity contribution in [3.8, 4) is 5.75 Å². The Bertz CT molecular complexity index is 381. The largest absolute Gasteiger partial charge is 0.496 e. The van der Waals surface area contributed by atoms with Crippen molar-refractivity contribution in [1.82, 2.24) is 0 Å². The van der Waals surface area contributed by atoms with E-state index in [0.717, 1.165) is 24.2 Å². The van der Waals surface area contributed by atoms with Crippen molar-refractivity contribution < 1.29 is 14.2 Å². The average molecular weight is 236 g/mol. The number of hydrogen-bond donors (Lipinski definition) is 0. The molecule has 1 fully saturated rings. The molecule has 0 N–H and O–H groups in total. The number of hydrogen-bond acceptors (Lipinski definition) is 3. The lowest BCUT2D eigenvalue weighted by atomic mass is 9.98. The normalized spacial score (nSPS) is 18.3. The second kappa shape index (κ2) is 5.07. The summed E-state index contributed by atoms with van der Waals surface area (Å²) in [5.41, 5.74) is 2.28. The molecule has 0 atom stereocenters. The summed E-state index contributed by atoms with van der Waals surface area (Å²) in [6.45, 7) is 5.50. The first-order chi connectivity index (χ1) is 8.25. The lowest BCUT2D eigenvalue weighted by molar-refractivity contribution is -0.168. The summed E-state index contributed by atoms with van der Waals surface area (Å²) in [6, 6.07) is 6.21. The van der Waals surface area contributed by atoms with Crippen LogP contribution in [0.25, 0.3) is 0 Å². The molecule has 0 unspecified atom stereocenters. The van der Waals surface area contributed by atoms with Crippen LogP contribution in [0, 0.1) is 0 Å². The van der Waals surface area contributed by atoms with Gasteiger partial charge in [0.15, 0.2) is 5.79 Å². The van der Waals surface area contributed by atoms with E-state index in [1.54, 1.807) is 7.11 Å². The summed E-state index contributed by atoms with van der Waals surface area (Å²) in [5, 5.41) is 0. The van der Waals surface area contributed by atoms with Crippen LogP contribution in [0.2, 0.25) is 0 Å². The van der Waals surface area contributed by atoms with Gasteiger partial charge in [0.25, 0.3) is 0 Å². The monoisotopic (exact) mass is 236 g/mol. The summed E-state index contributed by atoms with van der Waals surface area (Å²) in [4.78, 5) is 0. The SMILES string of the molecule is CCc1ccc(OC)c(C2(CC)OCCO2)c1. The minimum absolute atomic E-state index is 0.615. The quantitative estimate of drug-likeness (QED) is 0.804. The van der Waals surface area contributed by atoms with Crippen LogP contribution in [-0.2, 0) is 21.7 Å². The minimum atomic E-state index is -0.615. The lowest BCUT2D eigenvalue weighted by Gasteiger charge is -2.28. The number of aryl methyl sites for hydroxylation is 1. The van der Waals surface area contributed by atoms with Crippen LogP contribution in [0.15, 0.2) is 18.2 Å². The van der Waals surface area contributed by atoms with Crippen LogP contribution in [0.1, 0.15) is 31.4 Å². The highest BCUT2D eigenvalue weighted by Crippen LogP contribution is 2.40. The standard InChI is InChI=1S/C14H20O3/c1-4-11-6-7-13(15-3)12(10-11)14(5-2)16-8-9-17-14/h6-7,10H,4-5,8-9H2,1-3H3. The molecule has 1 aromatic rings. The van der Waals surface area contributed by atoms with E-state index in [-0.39, 0.29) is 0 Å². The third kappa shape index (κ3) is 2.17. The van der Waals surface area contributed by atoms with Gasteiger partial charge in [-0.2, -0.15) is 0 Å². The molecule has 94 valence electrons. The number of benzene rings is 1. The second-order valence-corrected chi connectivity index (χ2v) is 4.19. The Balaban J connectivity index is 2.46. The van der Waals surface area contributed by atoms with Gasteiger partial charge in [-0.1, -0.05) is 19.9 Å². The van der Waals surface area contributed by atoms with Crippen molar-refractivity contribution in [1.29, 1.82) is 0 Å². The van der Waals surface area contributed by atoms with Gasteiger partial charge < -0.3 is 14.2 Å². The van der Waals surface area contributed by atoms with Gasteiger partial charge in [0, 0.05) is 6.42 Å². The highest BCUT2D eigenvalue weighted by Gasteiger charge is 2.39. The molecule has 1 aromatic carbocycles. The van der Waals surface area contributed by atoms with E-state index >= 15 is 0 Å². The van der Waals surface area contributed by atoms with Crippen molar-refractivity contribution in [3.63, 3.8) is 0 Å². The van der Waals surface area contributed by atoms with Gasteiger partial charge in [-0.15, -0.1) is 0 Å². The maximum absolute atomic E-state index is 5.82. The molecule has 1 heterocycles. The number of methoxy groups -OCH3 is 1. The Morgan fingerprint density at radius 2 is 1.94 bits per heavy atom.